The summed E-state index contributed by atoms with van der Waals surface area (Å²) in [7, 11) is 0. The monoisotopic (exact) mass is 209 g/mol. The molecule has 1 aromatic carbocycles. The Morgan fingerprint density at radius 1 is 1.50 bits per heavy atom. The van der Waals surface area contributed by atoms with Gasteiger partial charge in [-0.1, -0.05) is 11.6 Å². The lowest BCUT2D eigenvalue weighted by Crippen LogP contribution is -2.01. The molecule has 1 aliphatic carbocycles. The van der Waals surface area contributed by atoms with Crippen molar-refractivity contribution in [2.24, 2.45) is 5.92 Å². The van der Waals surface area contributed by atoms with E-state index in [2.05, 4.69) is 0 Å². The Balaban J connectivity index is 2.17. The van der Waals surface area contributed by atoms with Crippen LogP contribution < -0.4 is 5.73 Å². The SMILES string of the molecule is Nc1ccc(C(=O)CC2CC2)c(Cl)c1. The Kier molecular flexibility index (Phi) is 2.46. The van der Waals surface area contributed by atoms with Crippen LogP contribution in [0.2, 0.25) is 5.02 Å². The van der Waals surface area contributed by atoms with Crippen molar-refractivity contribution in [2.45, 2.75) is 19.3 Å². The van der Waals surface area contributed by atoms with Crippen LogP contribution in [0, 0.1) is 5.92 Å². The maximum Gasteiger partial charge on any atom is 0.164 e. The predicted molar refractivity (Wildman–Crippen MR) is 57.5 cm³/mol. The quantitative estimate of drug-likeness (QED) is 0.615. The third-order valence-electron chi connectivity index (χ3n) is 2.46. The van der Waals surface area contributed by atoms with Crippen molar-refractivity contribution in [3.05, 3.63) is 28.8 Å². The number of benzene rings is 1. The second kappa shape index (κ2) is 3.62. The van der Waals surface area contributed by atoms with Gasteiger partial charge < -0.3 is 5.73 Å². The van der Waals surface area contributed by atoms with Gasteiger partial charge in [-0.25, -0.2) is 0 Å². The molecular weight excluding hydrogens is 198 g/mol. The number of carbonyl (C=O) groups excluding carboxylic acids is 1. The van der Waals surface area contributed by atoms with Crippen molar-refractivity contribution < 1.29 is 4.79 Å². The van der Waals surface area contributed by atoms with Crippen LogP contribution in [0.1, 0.15) is 29.6 Å². The van der Waals surface area contributed by atoms with Crippen LogP contribution in [0.4, 0.5) is 5.69 Å². The molecule has 0 aliphatic heterocycles. The van der Waals surface area contributed by atoms with Crippen LogP contribution in [0.15, 0.2) is 18.2 Å². The number of carbonyl (C=O) groups is 1. The number of anilines is 1. The fourth-order valence-corrected chi connectivity index (χ4v) is 1.75. The van der Waals surface area contributed by atoms with Crippen molar-refractivity contribution >= 4 is 23.1 Å². The lowest BCUT2D eigenvalue weighted by molar-refractivity contribution is 0.0976. The van der Waals surface area contributed by atoms with E-state index in [-0.39, 0.29) is 5.78 Å². The third kappa shape index (κ3) is 2.07. The number of ketones is 1. The zero-order valence-electron chi connectivity index (χ0n) is 7.79. The lowest BCUT2D eigenvalue weighted by Gasteiger charge is -2.03. The van der Waals surface area contributed by atoms with Gasteiger partial charge in [-0.05, 0) is 37.0 Å². The van der Waals surface area contributed by atoms with E-state index in [1.807, 2.05) is 0 Å². The summed E-state index contributed by atoms with van der Waals surface area (Å²) in [5, 5.41) is 0.468. The Bertz CT molecular complexity index is 372. The molecule has 0 aromatic heterocycles. The summed E-state index contributed by atoms with van der Waals surface area (Å²) in [4.78, 5) is 11.7. The van der Waals surface area contributed by atoms with E-state index in [0.717, 1.165) is 0 Å². The molecule has 1 aliphatic rings. The number of nitrogens with two attached hydrogens (primary N) is 1. The van der Waals surface area contributed by atoms with E-state index >= 15 is 0 Å². The highest BCUT2D eigenvalue weighted by molar-refractivity contribution is 6.34. The van der Waals surface area contributed by atoms with Crippen LogP contribution in [0.25, 0.3) is 0 Å². The van der Waals surface area contributed by atoms with E-state index in [1.54, 1.807) is 18.2 Å². The molecule has 0 amide bonds. The molecule has 2 rings (SSSR count). The topological polar surface area (TPSA) is 43.1 Å². The van der Waals surface area contributed by atoms with Gasteiger partial charge in [-0.15, -0.1) is 0 Å². The number of halogens is 1. The van der Waals surface area contributed by atoms with Gasteiger partial charge >= 0.3 is 0 Å². The molecule has 2 N–H and O–H groups in total. The van der Waals surface area contributed by atoms with E-state index in [1.165, 1.54) is 12.8 Å². The first-order valence-electron chi connectivity index (χ1n) is 4.75. The Hall–Kier alpha value is -1.02. The van der Waals surface area contributed by atoms with Crippen molar-refractivity contribution in [3.63, 3.8) is 0 Å². The molecule has 0 spiro atoms. The van der Waals surface area contributed by atoms with Crippen molar-refractivity contribution in [2.75, 3.05) is 5.73 Å². The van der Waals surface area contributed by atoms with Gasteiger partial charge in [0.25, 0.3) is 0 Å². The van der Waals surface area contributed by atoms with Crippen molar-refractivity contribution in [1.82, 2.24) is 0 Å². The van der Waals surface area contributed by atoms with Gasteiger partial charge in [0, 0.05) is 17.7 Å². The molecule has 0 bridgehead atoms. The molecule has 0 saturated heterocycles. The van der Waals surface area contributed by atoms with Crippen LogP contribution in [-0.4, -0.2) is 5.78 Å². The first-order valence-corrected chi connectivity index (χ1v) is 5.13. The molecule has 0 unspecified atom stereocenters. The maximum atomic E-state index is 11.7. The smallest absolute Gasteiger partial charge is 0.164 e. The molecule has 74 valence electrons. The summed E-state index contributed by atoms with van der Waals surface area (Å²) in [5.41, 5.74) is 6.75. The Morgan fingerprint density at radius 2 is 2.21 bits per heavy atom. The maximum absolute atomic E-state index is 11.7. The summed E-state index contributed by atoms with van der Waals surface area (Å²) >= 11 is 5.93. The zero-order chi connectivity index (χ0) is 10.1. The van der Waals surface area contributed by atoms with E-state index < -0.39 is 0 Å². The molecule has 1 fully saturated rings. The largest absolute Gasteiger partial charge is 0.399 e. The van der Waals surface area contributed by atoms with Gasteiger partial charge in [0.05, 0.1) is 5.02 Å². The third-order valence-corrected chi connectivity index (χ3v) is 2.78. The molecule has 14 heavy (non-hydrogen) atoms. The fourth-order valence-electron chi connectivity index (χ4n) is 1.45. The number of rotatable bonds is 3. The summed E-state index contributed by atoms with van der Waals surface area (Å²) in [5.74, 6) is 0.730. The van der Waals surface area contributed by atoms with Gasteiger partial charge in [0.15, 0.2) is 5.78 Å². The molecule has 2 nitrogen and oxygen atoms in total. The minimum atomic E-state index is 0.137. The fraction of sp³-hybridized carbons (Fsp3) is 0.364. The Labute approximate surface area is 88.1 Å². The molecule has 0 heterocycles. The molecule has 0 atom stereocenters. The molecule has 3 heteroatoms. The highest BCUT2D eigenvalue weighted by Crippen LogP contribution is 2.34. The van der Waals surface area contributed by atoms with Crippen LogP contribution in [-0.2, 0) is 0 Å². The van der Waals surface area contributed by atoms with Crippen LogP contribution >= 0.6 is 11.6 Å². The lowest BCUT2D eigenvalue weighted by atomic mass is 10.1. The number of hydrogen-bond acceptors (Lipinski definition) is 2. The first kappa shape index (κ1) is 9.53. The van der Waals surface area contributed by atoms with Crippen molar-refractivity contribution in [1.29, 1.82) is 0 Å². The highest BCUT2D eigenvalue weighted by atomic mass is 35.5. The van der Waals surface area contributed by atoms with Gasteiger partial charge in [-0.3, -0.25) is 4.79 Å². The van der Waals surface area contributed by atoms with Crippen LogP contribution in [0.3, 0.4) is 0 Å². The van der Waals surface area contributed by atoms with E-state index in [4.69, 9.17) is 17.3 Å². The number of nitrogen functional groups attached to an aromatic ring is 1. The van der Waals surface area contributed by atoms with Crippen LogP contribution in [0.5, 0.6) is 0 Å². The molecule has 0 radical (unpaired) electrons. The van der Waals surface area contributed by atoms with Gasteiger partial charge in [-0.2, -0.15) is 0 Å². The molecular formula is C11H12ClNO. The first-order chi connectivity index (χ1) is 6.66. The average Bonchev–Trinajstić information content (AvgIpc) is 2.87. The summed E-state index contributed by atoms with van der Waals surface area (Å²) in [6.45, 7) is 0. The minimum absolute atomic E-state index is 0.137. The molecule has 1 aromatic rings. The second-order valence-electron chi connectivity index (χ2n) is 3.81. The number of hydrogen-bond donors (Lipinski definition) is 1. The molecule has 1 saturated carbocycles. The van der Waals surface area contributed by atoms with Crippen molar-refractivity contribution in [3.8, 4) is 0 Å². The zero-order valence-corrected chi connectivity index (χ0v) is 8.55. The minimum Gasteiger partial charge on any atom is -0.399 e. The summed E-state index contributed by atoms with van der Waals surface area (Å²) in [6, 6.07) is 5.05. The Morgan fingerprint density at radius 3 is 2.79 bits per heavy atom. The van der Waals surface area contributed by atoms with Gasteiger partial charge in [0.2, 0.25) is 0 Å². The average molecular weight is 210 g/mol. The predicted octanol–water partition coefficient (Wildman–Crippen LogP) is 2.91. The highest BCUT2D eigenvalue weighted by Gasteiger charge is 2.25. The standard InChI is InChI=1S/C11H12ClNO/c12-10-6-8(13)3-4-9(10)11(14)5-7-1-2-7/h3-4,6-7H,1-2,5,13H2. The van der Waals surface area contributed by atoms with E-state index in [9.17, 15) is 4.79 Å². The number of Topliss-reactive ketones (excluding diaryl/α,β-unsaturated/α-hetero) is 1. The summed E-state index contributed by atoms with van der Waals surface area (Å²) in [6.07, 6.45) is 2.99. The van der Waals surface area contributed by atoms with Gasteiger partial charge in [0.1, 0.15) is 0 Å². The summed E-state index contributed by atoms with van der Waals surface area (Å²) < 4.78 is 0. The van der Waals surface area contributed by atoms with E-state index in [0.29, 0.717) is 28.6 Å². The second-order valence-corrected chi connectivity index (χ2v) is 4.22. The normalized spacial score (nSPS) is 15.5.